The van der Waals surface area contributed by atoms with Crippen molar-refractivity contribution in [3.05, 3.63) is 69.1 Å². The van der Waals surface area contributed by atoms with Gasteiger partial charge >= 0.3 is 12.0 Å². The Morgan fingerprint density at radius 3 is 2.64 bits per heavy atom. The predicted molar refractivity (Wildman–Crippen MR) is 125 cm³/mol. The maximum absolute atomic E-state index is 12.9. The van der Waals surface area contributed by atoms with Crippen LogP contribution in [0, 0.1) is 0 Å². The van der Waals surface area contributed by atoms with Crippen molar-refractivity contribution in [1.82, 2.24) is 15.1 Å². The second-order valence-corrected chi connectivity index (χ2v) is 8.71. The highest BCUT2D eigenvalue weighted by atomic mass is 35.5. The predicted octanol–water partition coefficient (Wildman–Crippen LogP) is 4.60. The van der Waals surface area contributed by atoms with Crippen molar-refractivity contribution < 1.29 is 19.1 Å². The number of esters is 1. The number of amides is 3. The number of hydrogen-bond acceptors (Lipinski definition) is 7. The minimum atomic E-state index is -0.483. The van der Waals surface area contributed by atoms with Gasteiger partial charge in [0, 0.05) is 22.9 Å². The molecule has 0 radical (unpaired) electrons. The summed E-state index contributed by atoms with van der Waals surface area (Å²) in [5.74, 6) is -0.863. The van der Waals surface area contributed by atoms with Crippen LogP contribution in [0.1, 0.15) is 44.1 Å². The van der Waals surface area contributed by atoms with Crippen molar-refractivity contribution in [2.45, 2.75) is 18.9 Å². The van der Waals surface area contributed by atoms with Crippen LogP contribution >= 0.6 is 22.9 Å². The molecule has 2 N–H and O–H groups in total. The first-order valence-electron chi connectivity index (χ1n) is 10.1. The van der Waals surface area contributed by atoms with Crippen LogP contribution in [-0.4, -0.2) is 46.7 Å². The fraction of sp³-hybridized carbons (Fsp3) is 0.227. The van der Waals surface area contributed by atoms with Crippen LogP contribution in [0.25, 0.3) is 0 Å². The lowest BCUT2D eigenvalue weighted by atomic mass is 10.2. The summed E-state index contributed by atoms with van der Waals surface area (Å²) in [6.45, 7) is 0.541. The molecule has 33 heavy (non-hydrogen) atoms. The van der Waals surface area contributed by atoms with Crippen LogP contribution in [0.2, 0.25) is 5.02 Å². The molecule has 170 valence electrons. The first-order valence-corrected chi connectivity index (χ1v) is 11.3. The summed E-state index contributed by atoms with van der Waals surface area (Å²) in [6.07, 6.45) is 1.51. The second-order valence-electron chi connectivity index (χ2n) is 7.26. The third kappa shape index (κ3) is 5.29. The smallest absolute Gasteiger partial charge is 0.337 e. The molecule has 0 aliphatic carbocycles. The quantitative estimate of drug-likeness (QED) is 0.510. The Balaban J connectivity index is 1.43. The minimum Gasteiger partial charge on any atom is -0.465 e. The Morgan fingerprint density at radius 2 is 1.88 bits per heavy atom. The van der Waals surface area contributed by atoms with Crippen molar-refractivity contribution in [3.63, 3.8) is 0 Å². The summed E-state index contributed by atoms with van der Waals surface area (Å²) < 4.78 is 4.72. The van der Waals surface area contributed by atoms with E-state index in [-0.39, 0.29) is 23.0 Å². The molecule has 3 amide bonds. The lowest BCUT2D eigenvalue weighted by Crippen LogP contribution is -2.34. The number of urea groups is 1. The van der Waals surface area contributed by atoms with E-state index in [1.807, 2.05) is 0 Å². The highest BCUT2D eigenvalue weighted by molar-refractivity contribution is 7.13. The number of benzene rings is 2. The standard InChI is InChI=1S/C22H20ClN5O4S/c1-32-21(30)13-4-2-5-16(12-13)25-22(31)28-11-3-6-17(28)19-26-27-20(33-19)18(29)24-15-9-7-14(23)8-10-15/h2,4-5,7-10,12,17H,3,6,11H2,1H3,(H,24,29)(H,25,31)/t17-/m1/s1. The summed E-state index contributed by atoms with van der Waals surface area (Å²) in [6, 6.07) is 12.7. The number of aromatic nitrogens is 2. The van der Waals surface area contributed by atoms with Gasteiger partial charge in [0.1, 0.15) is 5.01 Å². The number of hydrogen-bond donors (Lipinski definition) is 2. The summed E-state index contributed by atoms with van der Waals surface area (Å²) >= 11 is 7.02. The third-order valence-corrected chi connectivity index (χ3v) is 6.35. The number of ether oxygens (including phenoxy) is 1. The Hall–Kier alpha value is -3.50. The van der Waals surface area contributed by atoms with Crippen LogP contribution < -0.4 is 10.6 Å². The average Bonchev–Trinajstić information content (AvgIpc) is 3.50. The number of halogens is 1. The van der Waals surface area contributed by atoms with Crippen molar-refractivity contribution in [2.24, 2.45) is 0 Å². The van der Waals surface area contributed by atoms with Crippen molar-refractivity contribution in [2.75, 3.05) is 24.3 Å². The van der Waals surface area contributed by atoms with Gasteiger partial charge in [-0.05, 0) is 55.3 Å². The fourth-order valence-corrected chi connectivity index (χ4v) is 4.49. The zero-order valence-corrected chi connectivity index (χ0v) is 19.2. The third-order valence-electron chi connectivity index (χ3n) is 5.07. The fourth-order valence-electron chi connectivity index (χ4n) is 3.48. The summed E-state index contributed by atoms with van der Waals surface area (Å²) in [5.41, 5.74) is 1.42. The Kier molecular flexibility index (Phi) is 6.85. The molecule has 9 nitrogen and oxygen atoms in total. The number of rotatable bonds is 5. The van der Waals surface area contributed by atoms with E-state index in [0.717, 1.165) is 17.8 Å². The number of carbonyl (C=O) groups excluding carboxylic acids is 3. The van der Waals surface area contributed by atoms with E-state index in [9.17, 15) is 14.4 Å². The number of nitrogens with one attached hydrogen (secondary N) is 2. The van der Waals surface area contributed by atoms with E-state index >= 15 is 0 Å². The van der Waals surface area contributed by atoms with Crippen LogP contribution in [-0.2, 0) is 4.74 Å². The zero-order valence-electron chi connectivity index (χ0n) is 17.6. The van der Waals surface area contributed by atoms with Crippen LogP contribution in [0.15, 0.2) is 48.5 Å². The molecule has 0 spiro atoms. The molecule has 0 unspecified atom stereocenters. The maximum atomic E-state index is 12.9. The topological polar surface area (TPSA) is 114 Å². The normalized spacial score (nSPS) is 15.2. The molecule has 4 rings (SSSR count). The largest absolute Gasteiger partial charge is 0.465 e. The molecule has 0 saturated carbocycles. The molecule has 2 heterocycles. The lowest BCUT2D eigenvalue weighted by Gasteiger charge is -2.23. The van der Waals surface area contributed by atoms with Gasteiger partial charge in [-0.2, -0.15) is 0 Å². The highest BCUT2D eigenvalue weighted by Gasteiger charge is 2.33. The van der Waals surface area contributed by atoms with Crippen molar-refractivity contribution >= 4 is 52.2 Å². The molecule has 1 saturated heterocycles. The second kappa shape index (κ2) is 9.97. The van der Waals surface area contributed by atoms with Gasteiger partial charge in [0.05, 0.1) is 18.7 Å². The molecule has 3 aromatic rings. The van der Waals surface area contributed by atoms with Crippen molar-refractivity contribution in [3.8, 4) is 0 Å². The van der Waals surface area contributed by atoms with Crippen LogP contribution in [0.3, 0.4) is 0 Å². The maximum Gasteiger partial charge on any atom is 0.337 e. The summed E-state index contributed by atoms with van der Waals surface area (Å²) in [5, 5.41) is 15.1. The SMILES string of the molecule is COC(=O)c1cccc(NC(=O)N2CCC[C@@H]2c2nnc(C(=O)Nc3ccc(Cl)cc3)s2)c1. The minimum absolute atomic E-state index is 0.206. The average molecular weight is 486 g/mol. The molecule has 2 aromatic carbocycles. The molecule has 11 heteroatoms. The van der Waals surface area contributed by atoms with E-state index < -0.39 is 5.97 Å². The van der Waals surface area contributed by atoms with E-state index in [0.29, 0.717) is 39.9 Å². The number of methoxy groups -OCH3 is 1. The number of nitrogens with zero attached hydrogens (tertiary/aromatic N) is 3. The van der Waals surface area contributed by atoms with Gasteiger partial charge in [0.25, 0.3) is 5.91 Å². The highest BCUT2D eigenvalue weighted by Crippen LogP contribution is 2.34. The lowest BCUT2D eigenvalue weighted by molar-refractivity contribution is 0.0600. The molecule has 1 aromatic heterocycles. The molecule has 1 atom stereocenters. The Morgan fingerprint density at radius 1 is 1.09 bits per heavy atom. The molecule has 0 bridgehead atoms. The van der Waals surface area contributed by atoms with Gasteiger partial charge in [-0.1, -0.05) is 29.0 Å². The van der Waals surface area contributed by atoms with Gasteiger partial charge in [0.15, 0.2) is 0 Å². The zero-order chi connectivity index (χ0) is 23.4. The van der Waals surface area contributed by atoms with Crippen LogP contribution in [0.4, 0.5) is 16.2 Å². The Bertz CT molecular complexity index is 1180. The van der Waals surface area contributed by atoms with E-state index in [1.54, 1.807) is 53.4 Å². The van der Waals surface area contributed by atoms with Gasteiger partial charge in [0.2, 0.25) is 5.01 Å². The molecule has 1 aliphatic heterocycles. The Labute approximate surface area is 198 Å². The summed E-state index contributed by atoms with van der Waals surface area (Å²) in [4.78, 5) is 38.8. The number of likely N-dealkylation sites (tertiary alicyclic amines) is 1. The van der Waals surface area contributed by atoms with Crippen LogP contribution in [0.5, 0.6) is 0 Å². The monoisotopic (exact) mass is 485 g/mol. The number of carbonyl (C=O) groups is 3. The summed E-state index contributed by atoms with van der Waals surface area (Å²) in [7, 11) is 1.30. The molecular weight excluding hydrogens is 466 g/mol. The first-order chi connectivity index (χ1) is 15.9. The van der Waals surface area contributed by atoms with Crippen molar-refractivity contribution in [1.29, 1.82) is 0 Å². The van der Waals surface area contributed by atoms with Gasteiger partial charge in [-0.15, -0.1) is 10.2 Å². The van der Waals surface area contributed by atoms with E-state index in [4.69, 9.17) is 16.3 Å². The van der Waals surface area contributed by atoms with E-state index in [2.05, 4.69) is 20.8 Å². The first kappa shape index (κ1) is 22.7. The van der Waals surface area contributed by atoms with Gasteiger partial charge in [-0.3, -0.25) is 4.79 Å². The molecule has 1 aliphatic rings. The molecular formula is C22H20ClN5O4S. The van der Waals surface area contributed by atoms with Gasteiger partial charge < -0.3 is 20.3 Å². The van der Waals surface area contributed by atoms with Gasteiger partial charge in [-0.25, -0.2) is 9.59 Å². The number of anilines is 2. The molecule has 1 fully saturated rings. The van der Waals surface area contributed by atoms with E-state index in [1.165, 1.54) is 7.11 Å².